The van der Waals surface area contributed by atoms with Crippen molar-refractivity contribution in [2.75, 3.05) is 33.6 Å². The molecule has 4 aromatic rings. The van der Waals surface area contributed by atoms with Crippen LogP contribution >= 0.6 is 11.8 Å². The minimum absolute atomic E-state index is 0.0634. The van der Waals surface area contributed by atoms with E-state index in [9.17, 15) is 4.79 Å². The van der Waals surface area contributed by atoms with Gasteiger partial charge in [-0.1, -0.05) is 17.8 Å². The molecule has 9 nitrogen and oxygen atoms in total. The zero-order valence-corrected chi connectivity index (χ0v) is 20.0. The quantitative estimate of drug-likeness (QED) is 0.346. The zero-order chi connectivity index (χ0) is 23.9. The van der Waals surface area contributed by atoms with Gasteiger partial charge in [-0.15, -0.1) is 10.2 Å². The number of carbonyl (C=O) groups excluding carboxylic acids is 1. The maximum Gasteiger partial charge on any atom is 0.230 e. The molecule has 0 fully saturated rings. The summed E-state index contributed by atoms with van der Waals surface area (Å²) in [7, 11) is 4.83. The highest BCUT2D eigenvalue weighted by Crippen LogP contribution is 2.27. The van der Waals surface area contributed by atoms with Crippen molar-refractivity contribution in [3.8, 4) is 28.6 Å². The molecule has 0 aliphatic rings. The van der Waals surface area contributed by atoms with Crippen LogP contribution in [-0.2, 0) is 11.2 Å². The molecule has 1 amide bonds. The van der Waals surface area contributed by atoms with Crippen LogP contribution in [0.15, 0.2) is 59.6 Å². The molecule has 34 heavy (non-hydrogen) atoms. The molecule has 176 valence electrons. The van der Waals surface area contributed by atoms with Crippen LogP contribution in [0, 0.1) is 0 Å². The Morgan fingerprint density at radius 2 is 1.74 bits per heavy atom. The minimum Gasteiger partial charge on any atom is -0.497 e. The van der Waals surface area contributed by atoms with Crippen LogP contribution in [0.2, 0.25) is 0 Å². The highest BCUT2D eigenvalue weighted by atomic mass is 32.2. The topological polar surface area (TPSA) is 99.9 Å². The summed E-state index contributed by atoms with van der Waals surface area (Å²) in [6.45, 7) is 0.522. The first-order valence-corrected chi connectivity index (χ1v) is 11.6. The number of fused-ring (bicyclic) bond motifs is 1. The van der Waals surface area contributed by atoms with E-state index in [0.717, 1.165) is 16.9 Å². The highest BCUT2D eigenvalue weighted by Gasteiger charge is 2.12. The van der Waals surface area contributed by atoms with Gasteiger partial charge < -0.3 is 19.5 Å². The minimum atomic E-state index is -0.0634. The summed E-state index contributed by atoms with van der Waals surface area (Å²) in [5, 5.41) is 16.7. The molecule has 0 atom stereocenters. The summed E-state index contributed by atoms with van der Waals surface area (Å²) >= 11 is 1.36. The molecule has 2 aromatic heterocycles. The second kappa shape index (κ2) is 10.9. The fourth-order valence-electron chi connectivity index (χ4n) is 3.34. The monoisotopic (exact) mass is 479 g/mol. The lowest BCUT2D eigenvalue weighted by Crippen LogP contribution is -2.27. The molecule has 10 heteroatoms. The first kappa shape index (κ1) is 23.4. The number of nitrogens with one attached hydrogen (secondary N) is 1. The van der Waals surface area contributed by atoms with Crippen LogP contribution in [0.3, 0.4) is 0 Å². The normalized spacial score (nSPS) is 10.8. The van der Waals surface area contributed by atoms with Gasteiger partial charge in [-0.3, -0.25) is 4.79 Å². The smallest absolute Gasteiger partial charge is 0.230 e. The number of ether oxygens (including phenoxy) is 3. The Balaban J connectivity index is 1.33. The first-order chi connectivity index (χ1) is 16.6. The average molecular weight is 480 g/mol. The van der Waals surface area contributed by atoms with Gasteiger partial charge in [0.2, 0.25) is 5.91 Å². The number of methoxy groups -OCH3 is 3. The van der Waals surface area contributed by atoms with Gasteiger partial charge in [0.15, 0.2) is 23.0 Å². The van der Waals surface area contributed by atoms with Gasteiger partial charge in [-0.2, -0.15) is 9.61 Å². The first-order valence-electron chi connectivity index (χ1n) is 10.6. The summed E-state index contributed by atoms with van der Waals surface area (Å²) in [6, 6.07) is 16.9. The zero-order valence-electron chi connectivity index (χ0n) is 19.1. The molecule has 0 aliphatic heterocycles. The number of benzene rings is 2. The maximum atomic E-state index is 12.3. The van der Waals surface area contributed by atoms with Crippen molar-refractivity contribution in [2.45, 2.75) is 11.4 Å². The number of nitrogens with zero attached hydrogens (tertiary/aromatic N) is 4. The summed E-state index contributed by atoms with van der Waals surface area (Å²) in [6.07, 6.45) is 0.687. The second-order valence-electron chi connectivity index (χ2n) is 7.27. The van der Waals surface area contributed by atoms with Gasteiger partial charge in [0.25, 0.3) is 0 Å². The standard InChI is InChI=1S/C24H25N5O4S/c1-31-18-7-5-17(6-8-18)24-27-26-21-10-11-23(28-29(21)24)34-15-22(30)25-13-12-16-4-9-19(32-2)20(14-16)33-3/h4-11,14H,12-13,15H2,1-3H3,(H,25,30). The lowest BCUT2D eigenvalue weighted by atomic mass is 10.1. The van der Waals surface area contributed by atoms with Gasteiger partial charge in [0, 0.05) is 12.1 Å². The lowest BCUT2D eigenvalue weighted by Gasteiger charge is -2.10. The van der Waals surface area contributed by atoms with E-state index in [4.69, 9.17) is 14.2 Å². The summed E-state index contributed by atoms with van der Waals surface area (Å²) in [5.74, 6) is 2.93. The molecule has 2 heterocycles. The Morgan fingerprint density at radius 3 is 2.47 bits per heavy atom. The Labute approximate surface area is 201 Å². The number of carbonyl (C=O) groups is 1. The molecule has 0 saturated carbocycles. The van der Waals surface area contributed by atoms with E-state index in [-0.39, 0.29) is 11.7 Å². The van der Waals surface area contributed by atoms with Crippen molar-refractivity contribution >= 4 is 23.3 Å². The number of rotatable bonds is 10. The second-order valence-corrected chi connectivity index (χ2v) is 8.27. The molecule has 0 spiro atoms. The van der Waals surface area contributed by atoms with E-state index in [1.165, 1.54) is 11.8 Å². The van der Waals surface area contributed by atoms with Crippen molar-refractivity contribution < 1.29 is 19.0 Å². The molecule has 0 aliphatic carbocycles. The third-order valence-electron chi connectivity index (χ3n) is 5.12. The third-order valence-corrected chi connectivity index (χ3v) is 6.04. The molecule has 0 unspecified atom stereocenters. The average Bonchev–Trinajstić information content (AvgIpc) is 3.30. The Morgan fingerprint density at radius 1 is 0.941 bits per heavy atom. The van der Waals surface area contributed by atoms with Crippen molar-refractivity contribution in [3.63, 3.8) is 0 Å². The van der Waals surface area contributed by atoms with Crippen LogP contribution in [0.1, 0.15) is 5.56 Å². The van der Waals surface area contributed by atoms with Crippen LogP contribution in [0.25, 0.3) is 17.0 Å². The molecule has 0 bridgehead atoms. The molecule has 0 radical (unpaired) electrons. The fraction of sp³-hybridized carbons (Fsp3) is 0.250. The molecule has 4 rings (SSSR count). The van der Waals surface area contributed by atoms with Crippen LogP contribution in [0.4, 0.5) is 0 Å². The van der Waals surface area contributed by atoms with Gasteiger partial charge in [-0.05, 0) is 60.5 Å². The molecule has 1 N–H and O–H groups in total. The predicted molar refractivity (Wildman–Crippen MR) is 130 cm³/mol. The predicted octanol–water partition coefficient (Wildman–Crippen LogP) is 3.27. The Kier molecular flexibility index (Phi) is 7.48. The summed E-state index contributed by atoms with van der Waals surface area (Å²) in [4.78, 5) is 12.3. The van der Waals surface area contributed by atoms with E-state index in [1.54, 1.807) is 25.8 Å². The lowest BCUT2D eigenvalue weighted by molar-refractivity contribution is -0.118. The van der Waals surface area contributed by atoms with Gasteiger partial charge in [0.1, 0.15) is 10.8 Å². The number of thioether (sulfide) groups is 1. The molecule has 0 saturated heterocycles. The van der Waals surface area contributed by atoms with E-state index < -0.39 is 0 Å². The Hall–Kier alpha value is -3.79. The van der Waals surface area contributed by atoms with Gasteiger partial charge >= 0.3 is 0 Å². The van der Waals surface area contributed by atoms with E-state index in [1.807, 2.05) is 54.6 Å². The van der Waals surface area contributed by atoms with E-state index in [0.29, 0.717) is 41.0 Å². The van der Waals surface area contributed by atoms with Crippen molar-refractivity contribution in [2.24, 2.45) is 0 Å². The van der Waals surface area contributed by atoms with Gasteiger partial charge in [0.05, 0.1) is 27.1 Å². The maximum absolute atomic E-state index is 12.3. The highest BCUT2D eigenvalue weighted by molar-refractivity contribution is 7.99. The molecular formula is C24H25N5O4S. The number of amides is 1. The van der Waals surface area contributed by atoms with Gasteiger partial charge in [-0.25, -0.2) is 0 Å². The van der Waals surface area contributed by atoms with Crippen LogP contribution in [0.5, 0.6) is 17.2 Å². The van der Waals surface area contributed by atoms with Crippen LogP contribution in [-0.4, -0.2) is 59.3 Å². The SMILES string of the molecule is COc1ccc(-c2nnc3ccc(SCC(=O)NCCc4ccc(OC)c(OC)c4)nn23)cc1. The van der Waals surface area contributed by atoms with E-state index in [2.05, 4.69) is 20.6 Å². The van der Waals surface area contributed by atoms with E-state index >= 15 is 0 Å². The number of hydrogen-bond donors (Lipinski definition) is 1. The summed E-state index contributed by atoms with van der Waals surface area (Å²) < 4.78 is 17.5. The van der Waals surface area contributed by atoms with Crippen molar-refractivity contribution in [3.05, 3.63) is 60.2 Å². The third kappa shape index (κ3) is 5.40. The summed E-state index contributed by atoms with van der Waals surface area (Å²) in [5.41, 5.74) is 2.56. The molecular weight excluding hydrogens is 454 g/mol. The number of hydrogen-bond acceptors (Lipinski definition) is 8. The van der Waals surface area contributed by atoms with Crippen molar-refractivity contribution in [1.82, 2.24) is 25.1 Å². The fourth-order valence-corrected chi connectivity index (χ4v) is 4.03. The Bertz CT molecular complexity index is 1280. The van der Waals surface area contributed by atoms with Crippen molar-refractivity contribution in [1.29, 1.82) is 0 Å². The largest absolute Gasteiger partial charge is 0.497 e. The number of aromatic nitrogens is 4. The van der Waals surface area contributed by atoms with Crippen LogP contribution < -0.4 is 19.5 Å². The molecule has 2 aromatic carbocycles.